The Bertz CT molecular complexity index is 392. The molecule has 0 fully saturated rings. The Labute approximate surface area is 93.4 Å². The predicted octanol–water partition coefficient (Wildman–Crippen LogP) is 3.08. The summed E-state index contributed by atoms with van der Waals surface area (Å²) < 4.78 is 54.6. The van der Waals surface area contributed by atoms with Gasteiger partial charge in [0.05, 0.1) is 7.11 Å². The van der Waals surface area contributed by atoms with Crippen LogP contribution in [0.3, 0.4) is 0 Å². The molecule has 1 N–H and O–H groups in total. The summed E-state index contributed by atoms with van der Waals surface area (Å²) in [5.74, 6) is -1.73. The second kappa shape index (κ2) is 4.47. The Hall–Kier alpha value is -1.01. The molecule has 0 saturated carbocycles. The third kappa shape index (κ3) is 2.38. The van der Waals surface area contributed by atoms with Crippen LogP contribution in [0.2, 0.25) is 5.02 Å². The molecule has 0 amide bonds. The predicted molar refractivity (Wildman–Crippen MR) is 49.0 cm³/mol. The molecule has 0 aliphatic rings. The van der Waals surface area contributed by atoms with Crippen LogP contribution in [0, 0.1) is 5.82 Å². The van der Waals surface area contributed by atoms with E-state index < -0.39 is 34.4 Å². The van der Waals surface area contributed by atoms with Crippen LogP contribution >= 0.6 is 11.6 Å². The van der Waals surface area contributed by atoms with E-state index >= 15 is 0 Å². The number of alkyl halides is 3. The van der Waals surface area contributed by atoms with Gasteiger partial charge in [0.1, 0.15) is 0 Å². The van der Waals surface area contributed by atoms with E-state index in [1.165, 1.54) is 0 Å². The van der Waals surface area contributed by atoms with E-state index in [1.807, 2.05) is 0 Å². The van der Waals surface area contributed by atoms with Gasteiger partial charge in [0.15, 0.2) is 17.7 Å². The molecule has 1 rings (SSSR count). The number of rotatable bonds is 2. The van der Waals surface area contributed by atoms with Gasteiger partial charge in [-0.3, -0.25) is 0 Å². The molecule has 90 valence electrons. The average molecular weight is 259 g/mol. The maximum atomic E-state index is 13.4. The van der Waals surface area contributed by atoms with E-state index in [0.717, 1.165) is 19.2 Å². The van der Waals surface area contributed by atoms with Gasteiger partial charge in [0.25, 0.3) is 0 Å². The Morgan fingerprint density at radius 3 is 2.38 bits per heavy atom. The van der Waals surface area contributed by atoms with Crippen molar-refractivity contribution >= 4 is 11.6 Å². The highest BCUT2D eigenvalue weighted by atomic mass is 35.5. The van der Waals surface area contributed by atoms with Crippen molar-refractivity contribution < 1.29 is 27.4 Å². The fraction of sp³-hybridized carbons (Fsp3) is 0.333. The fourth-order valence-electron chi connectivity index (χ4n) is 1.12. The Morgan fingerprint density at radius 2 is 1.94 bits per heavy atom. The Balaban J connectivity index is 3.32. The SMILES string of the molecule is COc1ccc(Cl)c(C(O)C(F)(F)F)c1F. The Kier molecular flexibility index (Phi) is 3.64. The van der Waals surface area contributed by atoms with Crippen LogP contribution in [0.25, 0.3) is 0 Å². The summed E-state index contributed by atoms with van der Waals surface area (Å²) in [6.45, 7) is 0. The number of hydrogen-bond acceptors (Lipinski definition) is 2. The molecule has 0 aromatic heterocycles. The minimum atomic E-state index is -4.99. The van der Waals surface area contributed by atoms with Gasteiger partial charge < -0.3 is 9.84 Å². The zero-order chi connectivity index (χ0) is 12.5. The van der Waals surface area contributed by atoms with Gasteiger partial charge in [0.2, 0.25) is 0 Å². The zero-order valence-electron chi connectivity index (χ0n) is 7.98. The van der Waals surface area contributed by atoms with Crippen molar-refractivity contribution in [3.05, 3.63) is 28.5 Å². The highest BCUT2D eigenvalue weighted by Gasteiger charge is 2.42. The molecular formula is C9H7ClF4O2. The first-order chi connectivity index (χ1) is 7.29. The van der Waals surface area contributed by atoms with Gasteiger partial charge in [-0.1, -0.05) is 11.6 Å². The summed E-state index contributed by atoms with van der Waals surface area (Å²) >= 11 is 5.40. The van der Waals surface area contributed by atoms with E-state index in [1.54, 1.807) is 0 Å². The molecule has 1 aromatic rings. The maximum Gasteiger partial charge on any atom is 0.418 e. The normalized spacial score (nSPS) is 13.7. The molecule has 7 heteroatoms. The van der Waals surface area contributed by atoms with Crippen LogP contribution in [0.5, 0.6) is 5.75 Å². The number of aliphatic hydroxyl groups is 1. The lowest BCUT2D eigenvalue weighted by atomic mass is 10.1. The van der Waals surface area contributed by atoms with Crippen LogP contribution in [-0.4, -0.2) is 18.4 Å². The highest BCUT2D eigenvalue weighted by molar-refractivity contribution is 6.31. The average Bonchev–Trinajstić information content (AvgIpc) is 2.16. The summed E-state index contributed by atoms with van der Waals surface area (Å²) in [6, 6.07) is 2.10. The number of methoxy groups -OCH3 is 1. The topological polar surface area (TPSA) is 29.5 Å². The van der Waals surface area contributed by atoms with E-state index in [4.69, 9.17) is 16.7 Å². The zero-order valence-corrected chi connectivity index (χ0v) is 8.73. The number of halogens is 5. The quantitative estimate of drug-likeness (QED) is 0.826. The molecule has 2 nitrogen and oxygen atoms in total. The summed E-state index contributed by atoms with van der Waals surface area (Å²) in [6.07, 6.45) is -7.97. The first-order valence-corrected chi connectivity index (χ1v) is 4.43. The monoisotopic (exact) mass is 258 g/mol. The third-order valence-corrected chi connectivity index (χ3v) is 2.22. The molecule has 16 heavy (non-hydrogen) atoms. The number of hydrogen-bond donors (Lipinski definition) is 1. The van der Waals surface area contributed by atoms with Gasteiger partial charge in [-0.15, -0.1) is 0 Å². The molecule has 0 heterocycles. The van der Waals surface area contributed by atoms with Crippen molar-refractivity contribution in [1.29, 1.82) is 0 Å². The standard InChI is InChI=1S/C9H7ClF4O2/c1-16-5-3-2-4(10)6(7(5)11)8(15)9(12,13)14/h2-3,8,15H,1H3. The molecule has 0 spiro atoms. The minimum absolute atomic E-state index is 0.414. The van der Waals surface area contributed by atoms with E-state index in [-0.39, 0.29) is 0 Å². The lowest BCUT2D eigenvalue weighted by molar-refractivity contribution is -0.207. The molecule has 0 radical (unpaired) electrons. The molecule has 1 unspecified atom stereocenters. The fourth-order valence-corrected chi connectivity index (χ4v) is 1.37. The first kappa shape index (κ1) is 13.1. The van der Waals surface area contributed by atoms with Crippen molar-refractivity contribution in [2.75, 3.05) is 7.11 Å². The second-order valence-corrected chi connectivity index (χ2v) is 3.33. The van der Waals surface area contributed by atoms with Crippen molar-refractivity contribution in [1.82, 2.24) is 0 Å². The Morgan fingerprint density at radius 1 is 1.38 bits per heavy atom. The molecule has 0 bridgehead atoms. The van der Waals surface area contributed by atoms with Gasteiger partial charge in [-0.25, -0.2) is 4.39 Å². The van der Waals surface area contributed by atoms with Crippen LogP contribution in [0.1, 0.15) is 11.7 Å². The van der Waals surface area contributed by atoms with Gasteiger partial charge in [-0.05, 0) is 12.1 Å². The van der Waals surface area contributed by atoms with Crippen LogP contribution in [0.4, 0.5) is 17.6 Å². The molecule has 0 aliphatic heterocycles. The third-order valence-electron chi connectivity index (χ3n) is 1.89. The minimum Gasteiger partial charge on any atom is -0.494 e. The summed E-state index contributed by atoms with van der Waals surface area (Å²) in [5, 5.41) is 8.42. The lowest BCUT2D eigenvalue weighted by Gasteiger charge is -2.17. The van der Waals surface area contributed by atoms with Crippen LogP contribution in [-0.2, 0) is 0 Å². The van der Waals surface area contributed by atoms with Crippen molar-refractivity contribution in [2.24, 2.45) is 0 Å². The molecule has 1 aromatic carbocycles. The summed E-state index contributed by atoms with van der Waals surface area (Å²) in [4.78, 5) is 0. The van der Waals surface area contributed by atoms with Crippen molar-refractivity contribution in [3.8, 4) is 5.75 Å². The van der Waals surface area contributed by atoms with Crippen LogP contribution in [0.15, 0.2) is 12.1 Å². The largest absolute Gasteiger partial charge is 0.494 e. The molecule has 0 saturated heterocycles. The van der Waals surface area contributed by atoms with E-state index in [2.05, 4.69) is 4.74 Å². The van der Waals surface area contributed by atoms with Crippen molar-refractivity contribution in [2.45, 2.75) is 12.3 Å². The van der Waals surface area contributed by atoms with Gasteiger partial charge in [0, 0.05) is 10.6 Å². The second-order valence-electron chi connectivity index (χ2n) is 2.92. The summed E-state index contributed by atoms with van der Waals surface area (Å²) in [7, 11) is 1.09. The smallest absolute Gasteiger partial charge is 0.418 e. The lowest BCUT2D eigenvalue weighted by Crippen LogP contribution is -2.22. The van der Waals surface area contributed by atoms with Gasteiger partial charge in [-0.2, -0.15) is 13.2 Å². The summed E-state index contributed by atoms with van der Waals surface area (Å²) in [5.41, 5.74) is -1.03. The highest BCUT2D eigenvalue weighted by Crippen LogP contribution is 2.39. The number of aliphatic hydroxyl groups excluding tert-OH is 1. The van der Waals surface area contributed by atoms with Gasteiger partial charge >= 0.3 is 6.18 Å². The number of ether oxygens (including phenoxy) is 1. The van der Waals surface area contributed by atoms with E-state index in [0.29, 0.717) is 0 Å². The molecule has 1 atom stereocenters. The maximum absolute atomic E-state index is 13.4. The molecule has 0 aliphatic carbocycles. The van der Waals surface area contributed by atoms with E-state index in [9.17, 15) is 17.6 Å². The molecular weight excluding hydrogens is 252 g/mol. The van der Waals surface area contributed by atoms with Crippen molar-refractivity contribution in [3.63, 3.8) is 0 Å². The first-order valence-electron chi connectivity index (χ1n) is 4.05. The van der Waals surface area contributed by atoms with Crippen LogP contribution < -0.4 is 4.74 Å². The number of benzene rings is 1.